The molecule has 10 aromatic rings. The first-order valence-electron chi connectivity index (χ1n) is 35.5. The van der Waals surface area contributed by atoms with Crippen LogP contribution < -0.4 is 13.9 Å². The predicted octanol–water partition coefficient (Wildman–Crippen LogP) is 15.5. The van der Waals surface area contributed by atoms with E-state index in [1.165, 1.54) is 72.8 Å². The maximum absolute atomic E-state index is 14.5. The van der Waals surface area contributed by atoms with E-state index in [0.29, 0.717) is 16.9 Å². The third kappa shape index (κ3) is 19.9. The molecule has 21 nitrogen and oxygen atoms in total. The highest BCUT2D eigenvalue weighted by Crippen LogP contribution is 2.41. The maximum Gasteiger partial charge on any atom is 0.338 e. The number of benzene rings is 10. The summed E-state index contributed by atoms with van der Waals surface area (Å²) in [7, 11) is -2.67. The van der Waals surface area contributed by atoms with E-state index in [2.05, 4.69) is 33.9 Å². The fourth-order valence-electron chi connectivity index (χ4n) is 11.6. The molecule has 2 fully saturated rings. The Labute approximate surface area is 636 Å². The standard InChI is InChI=1S/C88H78O21Si/c1-88(2,3)110(4,5)109-69-53-58(52-68(54-69)100-87-77(108-85(96)66-44-28-13-29-45-66)75(106-83(94)64-40-24-11-25-41-64)73(104-81(92)62-36-20-9-21-37-62)71(102-87)56-98-79(90)60-32-16-7-17-33-60)47-46-57-48-50-67(51-49-57)99-86-76(107-84(95)65-42-26-12-27-43-65)74(105-82(93)63-38-22-10-23-39-63)72(103-80(91)61-34-18-8-19-35-61)70(101-86)55-97-78(89)59-30-14-6-15-31-59/h6-54,70-77,86-87H,55-56H2,1-5H3/b47-46+/t70?,71?,72-,73+,74?,75?,76?,77?,86-,87-/m1/s1. The number of carbonyl (C=O) groups excluding carboxylic acids is 8. The van der Waals surface area contributed by atoms with Gasteiger partial charge in [0.05, 0.1) is 44.5 Å². The number of ether oxygens (including phenoxy) is 12. The summed E-state index contributed by atoms with van der Waals surface area (Å²) >= 11 is 0. The Balaban J connectivity index is 0.898. The van der Waals surface area contributed by atoms with Gasteiger partial charge in [-0.15, -0.1) is 0 Å². The van der Waals surface area contributed by atoms with Crippen molar-refractivity contribution >= 4 is 68.2 Å². The first kappa shape index (κ1) is 76.9. The SMILES string of the molecule is CC(C)(C)[Si](C)(C)Oc1cc(/C=C/c2ccc(O[C@@H]3OC(COC(=O)c4ccccc4)[C@@H](OC(=O)c4ccccc4)C(OC(=O)c4ccccc4)C3OC(=O)c3ccccc3)cc2)cc(O[C@@H]2OC(COC(=O)c3ccccc3)[C@H](OC(=O)c3ccccc3)C(OC(=O)c3ccccc3)C2OC(=O)c2ccccc2)c1. The molecule has 0 amide bonds. The molecule has 0 spiro atoms. The monoisotopic (exact) mass is 1500 g/mol. The first-order valence-corrected chi connectivity index (χ1v) is 38.4. The maximum atomic E-state index is 14.5. The van der Waals surface area contributed by atoms with Gasteiger partial charge in [-0.3, -0.25) is 0 Å². The molecule has 0 aromatic heterocycles. The zero-order valence-corrected chi connectivity index (χ0v) is 61.6. The van der Waals surface area contributed by atoms with Crippen LogP contribution in [0.2, 0.25) is 18.1 Å². The van der Waals surface area contributed by atoms with Gasteiger partial charge in [0.15, 0.2) is 24.4 Å². The summed E-state index contributed by atoms with van der Waals surface area (Å²) in [6.07, 6.45) is -12.9. The molecule has 10 aromatic carbocycles. The van der Waals surface area contributed by atoms with E-state index in [1.54, 1.807) is 218 Å². The molecule has 0 aliphatic carbocycles. The molecule has 0 saturated carbocycles. The van der Waals surface area contributed by atoms with E-state index in [9.17, 15) is 38.4 Å². The van der Waals surface area contributed by atoms with Gasteiger partial charge >= 0.3 is 47.8 Å². The first-order chi connectivity index (χ1) is 53.2. The van der Waals surface area contributed by atoms with Gasteiger partial charge in [0, 0.05) is 6.07 Å². The minimum atomic E-state index is -2.67. The second-order valence-electron chi connectivity index (χ2n) is 27.2. The Bertz CT molecular complexity index is 4820. The summed E-state index contributed by atoms with van der Waals surface area (Å²) in [5.41, 5.74) is 2.15. The fraction of sp³-hybridized carbons (Fsp3) is 0.205. The normalized spacial score (nSPS) is 19.6. The minimum Gasteiger partial charge on any atom is -0.543 e. The lowest BCUT2D eigenvalue weighted by atomic mass is 9.97. The third-order valence-electron chi connectivity index (χ3n) is 18.4. The van der Waals surface area contributed by atoms with Gasteiger partial charge in [-0.1, -0.05) is 191 Å². The molecule has 2 heterocycles. The Morgan fingerprint density at radius 1 is 0.309 bits per heavy atom. The van der Waals surface area contributed by atoms with Crippen molar-refractivity contribution in [2.24, 2.45) is 0 Å². The van der Waals surface area contributed by atoms with E-state index >= 15 is 0 Å². The average molecular weight is 1500 g/mol. The summed E-state index contributed by atoms with van der Waals surface area (Å²) in [5.74, 6) is -6.20. The second kappa shape index (κ2) is 35.8. The molecular formula is C88H78O21Si. The summed E-state index contributed by atoms with van der Waals surface area (Å²) in [5, 5.41) is -0.313. The molecule has 110 heavy (non-hydrogen) atoms. The Morgan fingerprint density at radius 3 is 0.882 bits per heavy atom. The van der Waals surface area contributed by atoms with Crippen LogP contribution >= 0.6 is 0 Å². The van der Waals surface area contributed by atoms with Crippen molar-refractivity contribution in [1.82, 2.24) is 0 Å². The topological polar surface area (TPSA) is 257 Å². The Hall–Kier alpha value is -12.8. The number of hydrogen-bond donors (Lipinski definition) is 0. The summed E-state index contributed by atoms with van der Waals surface area (Å²) in [6, 6.07) is 76.2. The molecule has 2 aliphatic heterocycles. The number of hydrogen-bond acceptors (Lipinski definition) is 21. The minimum absolute atomic E-state index is 0.0937. The largest absolute Gasteiger partial charge is 0.543 e. The van der Waals surface area contributed by atoms with Crippen LogP contribution in [-0.4, -0.2) is 131 Å². The van der Waals surface area contributed by atoms with E-state index in [4.69, 9.17) is 61.3 Å². The van der Waals surface area contributed by atoms with Crippen LogP contribution in [0.15, 0.2) is 285 Å². The zero-order chi connectivity index (χ0) is 77.2. The van der Waals surface area contributed by atoms with E-state index < -0.39 is 131 Å². The average Bonchev–Trinajstić information content (AvgIpc) is 0.776. The van der Waals surface area contributed by atoms with Crippen molar-refractivity contribution in [2.45, 2.75) is 100 Å². The molecule has 0 radical (unpaired) electrons. The van der Waals surface area contributed by atoms with Crippen molar-refractivity contribution < 1.29 is 99.6 Å². The van der Waals surface area contributed by atoms with Crippen LogP contribution in [0, 0.1) is 0 Å². The van der Waals surface area contributed by atoms with Crippen LogP contribution in [0.25, 0.3) is 12.2 Å². The zero-order valence-electron chi connectivity index (χ0n) is 60.6. The van der Waals surface area contributed by atoms with Crippen LogP contribution in [0.1, 0.15) is 115 Å². The highest BCUT2D eigenvalue weighted by atomic mass is 28.4. The van der Waals surface area contributed by atoms with Crippen LogP contribution in [-0.2, 0) is 47.4 Å². The molecule has 2 aliphatic rings. The van der Waals surface area contributed by atoms with Gasteiger partial charge in [0.1, 0.15) is 42.7 Å². The number of rotatable bonds is 26. The van der Waals surface area contributed by atoms with Gasteiger partial charge < -0.3 is 61.3 Å². The highest BCUT2D eigenvalue weighted by Gasteiger charge is 2.56. The quantitative estimate of drug-likeness (QED) is 0.0211. The molecule has 6 unspecified atom stereocenters. The van der Waals surface area contributed by atoms with Crippen LogP contribution in [0.5, 0.6) is 17.2 Å². The smallest absolute Gasteiger partial charge is 0.338 e. The summed E-state index contributed by atoms with van der Waals surface area (Å²) < 4.78 is 83.6. The van der Waals surface area contributed by atoms with Crippen molar-refractivity contribution in [1.29, 1.82) is 0 Å². The van der Waals surface area contributed by atoms with Gasteiger partial charge in [0.25, 0.3) is 0 Å². The summed E-state index contributed by atoms with van der Waals surface area (Å²) in [4.78, 5) is 114. The Morgan fingerprint density at radius 2 is 0.573 bits per heavy atom. The van der Waals surface area contributed by atoms with Crippen molar-refractivity contribution in [2.75, 3.05) is 13.2 Å². The molecule has 10 atom stereocenters. The van der Waals surface area contributed by atoms with Gasteiger partial charge in [-0.2, -0.15) is 0 Å². The molecule has 0 N–H and O–H groups in total. The predicted molar refractivity (Wildman–Crippen MR) is 406 cm³/mol. The molecule has 0 bridgehead atoms. The summed E-state index contributed by atoms with van der Waals surface area (Å²) in [6.45, 7) is 9.19. The molecular weight excluding hydrogens is 1420 g/mol. The van der Waals surface area contributed by atoms with E-state index in [1.807, 2.05) is 6.07 Å². The van der Waals surface area contributed by atoms with Crippen molar-refractivity contribution in [3.63, 3.8) is 0 Å². The lowest BCUT2D eigenvalue weighted by molar-refractivity contribution is -0.275. The fourth-order valence-corrected chi connectivity index (χ4v) is 12.6. The van der Waals surface area contributed by atoms with Gasteiger partial charge in [0.2, 0.25) is 33.1 Å². The van der Waals surface area contributed by atoms with Crippen LogP contribution in [0.3, 0.4) is 0 Å². The molecule has 12 rings (SSSR count). The van der Waals surface area contributed by atoms with E-state index in [-0.39, 0.29) is 61.0 Å². The second-order valence-corrected chi connectivity index (χ2v) is 31.9. The van der Waals surface area contributed by atoms with E-state index in [0.717, 1.165) is 0 Å². The van der Waals surface area contributed by atoms with Gasteiger partial charge in [-0.25, -0.2) is 38.4 Å². The van der Waals surface area contributed by atoms with Crippen molar-refractivity contribution in [3.05, 3.63) is 341 Å². The molecule has 560 valence electrons. The van der Waals surface area contributed by atoms with Crippen molar-refractivity contribution in [3.8, 4) is 17.2 Å². The van der Waals surface area contributed by atoms with Gasteiger partial charge in [-0.05, 0) is 151 Å². The number of esters is 8. The molecule has 2 saturated heterocycles. The Kier molecular flexibility index (Phi) is 25.0. The lowest BCUT2D eigenvalue weighted by Crippen LogP contribution is -2.63. The van der Waals surface area contributed by atoms with Crippen LogP contribution in [0.4, 0.5) is 0 Å². The number of carbonyl (C=O) groups is 8. The highest BCUT2D eigenvalue weighted by molar-refractivity contribution is 6.74. The molecule has 22 heteroatoms. The third-order valence-corrected chi connectivity index (χ3v) is 22.8. The lowest BCUT2D eigenvalue weighted by Gasteiger charge is -2.44.